The first kappa shape index (κ1) is 13.4. The number of nitro groups is 1. The number of carbonyl (C=O) groups excluding carboxylic acids is 1. The highest BCUT2D eigenvalue weighted by Crippen LogP contribution is 2.35. The van der Waals surface area contributed by atoms with Gasteiger partial charge in [-0.1, -0.05) is 12.2 Å². The Morgan fingerprint density at radius 3 is 2.71 bits per heavy atom. The molecule has 6 heteroatoms. The molecular weight excluding hydrogens is 226 g/mol. The van der Waals surface area contributed by atoms with E-state index in [2.05, 4.69) is 0 Å². The van der Waals surface area contributed by atoms with Crippen molar-refractivity contribution in [3.8, 4) is 0 Å². The standard InChI is InChI=1S/C11H15NO5/c1-3-16-10-7-5-6-9(8-13)11(10,12(14)15)17-4-2/h5-9H,3-4H2,1-2H3. The largest absolute Gasteiger partial charge is 0.489 e. The smallest absolute Gasteiger partial charge is 0.395 e. The Hall–Kier alpha value is -1.69. The van der Waals surface area contributed by atoms with Gasteiger partial charge in [-0.15, -0.1) is 0 Å². The Morgan fingerprint density at radius 1 is 1.53 bits per heavy atom. The third-order valence-corrected chi connectivity index (χ3v) is 2.45. The molecule has 0 amide bonds. The Morgan fingerprint density at radius 2 is 2.24 bits per heavy atom. The first-order chi connectivity index (χ1) is 8.13. The number of rotatable bonds is 6. The van der Waals surface area contributed by atoms with Crippen molar-refractivity contribution in [1.29, 1.82) is 0 Å². The minimum Gasteiger partial charge on any atom is -0.489 e. The van der Waals surface area contributed by atoms with Gasteiger partial charge in [-0.05, 0) is 19.9 Å². The summed E-state index contributed by atoms with van der Waals surface area (Å²) in [5.74, 6) is -0.921. The summed E-state index contributed by atoms with van der Waals surface area (Å²) >= 11 is 0. The zero-order chi connectivity index (χ0) is 12.9. The van der Waals surface area contributed by atoms with E-state index in [1.165, 1.54) is 12.2 Å². The minimum atomic E-state index is -1.93. The lowest BCUT2D eigenvalue weighted by molar-refractivity contribution is -0.627. The summed E-state index contributed by atoms with van der Waals surface area (Å²) in [7, 11) is 0. The van der Waals surface area contributed by atoms with Gasteiger partial charge in [0.1, 0.15) is 12.2 Å². The van der Waals surface area contributed by atoms with E-state index in [1.807, 2.05) is 0 Å². The Kier molecular flexibility index (Phi) is 4.39. The molecule has 0 fully saturated rings. The van der Waals surface area contributed by atoms with Crippen LogP contribution >= 0.6 is 0 Å². The van der Waals surface area contributed by atoms with E-state index in [-0.39, 0.29) is 19.0 Å². The first-order valence-corrected chi connectivity index (χ1v) is 5.38. The monoisotopic (exact) mass is 241 g/mol. The summed E-state index contributed by atoms with van der Waals surface area (Å²) in [6.45, 7) is 3.73. The average molecular weight is 241 g/mol. The molecule has 0 bridgehead atoms. The van der Waals surface area contributed by atoms with Crippen molar-refractivity contribution in [2.45, 2.75) is 19.6 Å². The quantitative estimate of drug-likeness (QED) is 0.303. The van der Waals surface area contributed by atoms with Crippen LogP contribution in [0.2, 0.25) is 0 Å². The van der Waals surface area contributed by atoms with E-state index in [9.17, 15) is 14.9 Å². The third kappa shape index (κ3) is 2.21. The van der Waals surface area contributed by atoms with Crippen LogP contribution in [-0.2, 0) is 14.3 Å². The van der Waals surface area contributed by atoms with Gasteiger partial charge < -0.3 is 14.3 Å². The van der Waals surface area contributed by atoms with E-state index >= 15 is 0 Å². The lowest BCUT2D eigenvalue weighted by Gasteiger charge is -2.31. The van der Waals surface area contributed by atoms with Crippen LogP contribution in [0.1, 0.15) is 13.8 Å². The maximum absolute atomic E-state index is 11.3. The summed E-state index contributed by atoms with van der Waals surface area (Å²) in [6.07, 6.45) is 4.96. The molecule has 6 nitrogen and oxygen atoms in total. The second-order valence-electron chi connectivity index (χ2n) is 3.40. The highest BCUT2D eigenvalue weighted by atomic mass is 16.7. The van der Waals surface area contributed by atoms with E-state index in [4.69, 9.17) is 9.47 Å². The molecule has 0 heterocycles. The minimum absolute atomic E-state index is 0.0615. The van der Waals surface area contributed by atoms with Gasteiger partial charge in [-0.25, -0.2) is 0 Å². The van der Waals surface area contributed by atoms with Crippen LogP contribution in [0.5, 0.6) is 0 Å². The third-order valence-electron chi connectivity index (χ3n) is 2.45. The van der Waals surface area contributed by atoms with Crippen molar-refractivity contribution in [3.05, 3.63) is 34.1 Å². The molecule has 0 saturated carbocycles. The van der Waals surface area contributed by atoms with Crippen molar-refractivity contribution in [2.24, 2.45) is 5.92 Å². The molecule has 0 saturated heterocycles. The molecule has 0 aliphatic heterocycles. The zero-order valence-electron chi connectivity index (χ0n) is 9.79. The number of hydrogen-bond acceptors (Lipinski definition) is 5. The molecule has 94 valence electrons. The fourth-order valence-corrected chi connectivity index (χ4v) is 1.77. The van der Waals surface area contributed by atoms with Gasteiger partial charge >= 0.3 is 5.72 Å². The number of allylic oxidation sites excluding steroid dienone is 2. The number of ether oxygens (including phenoxy) is 2. The fraction of sp³-hybridized carbons (Fsp3) is 0.545. The van der Waals surface area contributed by atoms with Crippen LogP contribution in [0, 0.1) is 16.0 Å². The number of aldehydes is 1. The zero-order valence-corrected chi connectivity index (χ0v) is 9.79. The predicted molar refractivity (Wildman–Crippen MR) is 59.8 cm³/mol. The number of nitrogens with zero attached hydrogens (tertiary/aromatic N) is 1. The van der Waals surface area contributed by atoms with Gasteiger partial charge in [0.15, 0.2) is 0 Å². The SMILES string of the molecule is CCOC1=CC=CC(C=O)C1(OCC)[N+](=O)[O-]. The highest BCUT2D eigenvalue weighted by Gasteiger charge is 2.57. The molecule has 2 unspecified atom stereocenters. The van der Waals surface area contributed by atoms with Gasteiger partial charge in [0, 0.05) is 0 Å². The number of hydrogen-bond donors (Lipinski definition) is 0. The molecule has 1 aliphatic carbocycles. The summed E-state index contributed by atoms with van der Waals surface area (Å²) in [6, 6.07) is 0. The summed E-state index contributed by atoms with van der Waals surface area (Å²) in [5, 5.41) is 11.3. The van der Waals surface area contributed by atoms with Crippen molar-refractivity contribution in [1.82, 2.24) is 0 Å². The van der Waals surface area contributed by atoms with Crippen molar-refractivity contribution >= 4 is 6.29 Å². The highest BCUT2D eigenvalue weighted by molar-refractivity contribution is 5.61. The molecule has 0 aromatic rings. The topological polar surface area (TPSA) is 78.7 Å². The van der Waals surface area contributed by atoms with E-state index in [0.29, 0.717) is 6.29 Å². The second kappa shape index (κ2) is 5.58. The van der Waals surface area contributed by atoms with Gasteiger partial charge in [0.05, 0.1) is 18.1 Å². The molecule has 0 N–H and O–H groups in total. The lowest BCUT2D eigenvalue weighted by Crippen LogP contribution is -2.51. The van der Waals surface area contributed by atoms with E-state index in [1.54, 1.807) is 19.9 Å². The number of carbonyl (C=O) groups is 1. The maximum atomic E-state index is 11.3. The van der Waals surface area contributed by atoms with Crippen LogP contribution in [0.3, 0.4) is 0 Å². The van der Waals surface area contributed by atoms with Crippen molar-refractivity contribution in [2.75, 3.05) is 13.2 Å². The van der Waals surface area contributed by atoms with E-state index < -0.39 is 16.6 Å². The summed E-state index contributed by atoms with van der Waals surface area (Å²) in [4.78, 5) is 21.7. The molecule has 0 aromatic carbocycles. The molecule has 0 radical (unpaired) electrons. The second-order valence-corrected chi connectivity index (χ2v) is 3.40. The van der Waals surface area contributed by atoms with Crippen LogP contribution in [-0.4, -0.2) is 30.1 Å². The molecule has 1 aliphatic rings. The Labute approximate surface area is 99.0 Å². The first-order valence-electron chi connectivity index (χ1n) is 5.38. The van der Waals surface area contributed by atoms with Crippen LogP contribution in [0.15, 0.2) is 24.0 Å². The summed E-state index contributed by atoms with van der Waals surface area (Å²) in [5.41, 5.74) is -1.93. The maximum Gasteiger partial charge on any atom is 0.395 e. The van der Waals surface area contributed by atoms with Crippen LogP contribution in [0.25, 0.3) is 0 Å². The molecule has 0 aromatic heterocycles. The summed E-state index contributed by atoms with van der Waals surface area (Å²) < 4.78 is 10.5. The normalized spacial score (nSPS) is 27.4. The van der Waals surface area contributed by atoms with Gasteiger partial charge in [-0.2, -0.15) is 0 Å². The molecule has 2 atom stereocenters. The predicted octanol–water partition coefficient (Wildman–Crippen LogP) is 1.30. The average Bonchev–Trinajstić information content (AvgIpc) is 2.31. The van der Waals surface area contributed by atoms with Gasteiger partial charge in [0.2, 0.25) is 5.76 Å². The molecule has 1 rings (SSSR count). The lowest BCUT2D eigenvalue weighted by atomic mass is 9.90. The van der Waals surface area contributed by atoms with E-state index in [0.717, 1.165) is 0 Å². The van der Waals surface area contributed by atoms with Gasteiger partial charge in [-0.3, -0.25) is 10.1 Å². The molecule has 0 spiro atoms. The van der Waals surface area contributed by atoms with Crippen molar-refractivity contribution in [3.63, 3.8) is 0 Å². The van der Waals surface area contributed by atoms with Gasteiger partial charge in [0.25, 0.3) is 0 Å². The fourth-order valence-electron chi connectivity index (χ4n) is 1.77. The van der Waals surface area contributed by atoms with Crippen LogP contribution < -0.4 is 0 Å². The Balaban J connectivity index is 3.23. The molecule has 17 heavy (non-hydrogen) atoms. The molecular formula is C11H15NO5. The Bertz CT molecular complexity index is 363. The van der Waals surface area contributed by atoms with Crippen LogP contribution in [0.4, 0.5) is 0 Å². The van der Waals surface area contributed by atoms with Crippen molar-refractivity contribution < 1.29 is 19.2 Å².